The standard InChI is InChI=1S/C19H22FN3O/c1-23-12-13(11-21-23)16-10-17(16)18(24)22-19(8-2-3-9-19)14-4-6-15(20)7-5-14/h4-7,11-12,16-17H,2-3,8-10H2,1H3,(H,22,24)/t16-,17-/m1/s1. The number of aromatic nitrogens is 2. The van der Waals surface area contributed by atoms with Crippen LogP contribution >= 0.6 is 0 Å². The predicted molar refractivity (Wildman–Crippen MR) is 88.7 cm³/mol. The van der Waals surface area contributed by atoms with Gasteiger partial charge in [-0.05, 0) is 48.4 Å². The molecule has 5 heteroatoms. The van der Waals surface area contributed by atoms with Gasteiger partial charge in [0.1, 0.15) is 5.82 Å². The Kier molecular flexibility index (Phi) is 3.66. The molecule has 2 atom stereocenters. The smallest absolute Gasteiger partial charge is 0.224 e. The minimum atomic E-state index is -0.327. The second-order valence-corrected chi connectivity index (χ2v) is 7.18. The number of aryl methyl sites for hydroxylation is 1. The zero-order valence-corrected chi connectivity index (χ0v) is 13.8. The number of nitrogens with one attached hydrogen (secondary N) is 1. The number of amides is 1. The van der Waals surface area contributed by atoms with Crippen LogP contribution in [-0.2, 0) is 17.4 Å². The van der Waals surface area contributed by atoms with Gasteiger partial charge in [-0.1, -0.05) is 25.0 Å². The lowest BCUT2D eigenvalue weighted by Crippen LogP contribution is -2.44. The minimum absolute atomic E-state index is 0.0344. The monoisotopic (exact) mass is 327 g/mol. The molecule has 4 rings (SSSR count). The zero-order valence-electron chi connectivity index (χ0n) is 13.8. The minimum Gasteiger partial charge on any atom is -0.346 e. The van der Waals surface area contributed by atoms with Gasteiger partial charge in [-0.3, -0.25) is 9.48 Å². The van der Waals surface area contributed by atoms with Crippen molar-refractivity contribution in [3.63, 3.8) is 0 Å². The number of hydrogen-bond acceptors (Lipinski definition) is 2. The topological polar surface area (TPSA) is 46.9 Å². The number of carbonyl (C=O) groups excluding carboxylic acids is 1. The van der Waals surface area contributed by atoms with E-state index in [1.165, 1.54) is 12.1 Å². The fourth-order valence-electron chi connectivity index (χ4n) is 4.05. The molecule has 2 aliphatic rings. The lowest BCUT2D eigenvalue weighted by atomic mass is 9.87. The first-order valence-electron chi connectivity index (χ1n) is 8.64. The molecule has 2 aromatic rings. The Hall–Kier alpha value is -2.17. The molecule has 1 heterocycles. The van der Waals surface area contributed by atoms with Crippen LogP contribution in [0.4, 0.5) is 4.39 Å². The summed E-state index contributed by atoms with van der Waals surface area (Å²) in [5, 5.41) is 7.50. The lowest BCUT2D eigenvalue weighted by molar-refractivity contribution is -0.124. The van der Waals surface area contributed by atoms with Crippen molar-refractivity contribution >= 4 is 5.91 Å². The second kappa shape index (κ2) is 5.72. The summed E-state index contributed by atoms with van der Waals surface area (Å²) in [4.78, 5) is 12.8. The molecule has 0 unspecified atom stereocenters. The van der Waals surface area contributed by atoms with Gasteiger partial charge in [0.2, 0.25) is 5.91 Å². The van der Waals surface area contributed by atoms with Crippen LogP contribution in [0.5, 0.6) is 0 Å². The summed E-state index contributed by atoms with van der Waals surface area (Å²) in [7, 11) is 1.89. The highest BCUT2D eigenvalue weighted by Gasteiger charge is 2.47. The fraction of sp³-hybridized carbons (Fsp3) is 0.474. The molecule has 2 fully saturated rings. The van der Waals surface area contributed by atoms with E-state index in [0.29, 0.717) is 0 Å². The van der Waals surface area contributed by atoms with Crippen molar-refractivity contribution in [2.45, 2.75) is 43.6 Å². The highest BCUT2D eigenvalue weighted by Crippen LogP contribution is 2.48. The maximum atomic E-state index is 13.2. The normalized spacial score (nSPS) is 24.8. The largest absolute Gasteiger partial charge is 0.346 e. The summed E-state index contributed by atoms with van der Waals surface area (Å²) in [5.41, 5.74) is 1.83. The van der Waals surface area contributed by atoms with E-state index in [2.05, 4.69) is 10.4 Å². The molecule has 0 aliphatic heterocycles. The average molecular weight is 327 g/mol. The van der Waals surface area contributed by atoms with Crippen LogP contribution in [-0.4, -0.2) is 15.7 Å². The summed E-state index contributed by atoms with van der Waals surface area (Å²) in [5.74, 6) is 0.199. The summed E-state index contributed by atoms with van der Waals surface area (Å²) in [6, 6.07) is 6.59. The van der Waals surface area contributed by atoms with E-state index in [0.717, 1.165) is 43.2 Å². The SMILES string of the molecule is Cn1cc([C@H]2C[C@H]2C(=O)NC2(c3ccc(F)cc3)CCCC2)cn1. The van der Waals surface area contributed by atoms with Crippen LogP contribution in [0.25, 0.3) is 0 Å². The first-order chi connectivity index (χ1) is 11.6. The van der Waals surface area contributed by atoms with Crippen molar-refractivity contribution in [3.8, 4) is 0 Å². The molecule has 1 aromatic heterocycles. The van der Waals surface area contributed by atoms with Gasteiger partial charge in [0, 0.05) is 19.2 Å². The predicted octanol–water partition coefficient (Wildman–Crippen LogP) is 3.25. The number of benzene rings is 1. The number of carbonyl (C=O) groups is 1. The molecule has 0 bridgehead atoms. The van der Waals surface area contributed by atoms with Crippen LogP contribution < -0.4 is 5.32 Å². The maximum absolute atomic E-state index is 13.2. The molecule has 1 N–H and O–H groups in total. The molecule has 2 aliphatic carbocycles. The molecule has 4 nitrogen and oxygen atoms in total. The Morgan fingerprint density at radius 3 is 2.62 bits per heavy atom. The van der Waals surface area contributed by atoms with Crippen molar-refractivity contribution in [1.82, 2.24) is 15.1 Å². The molecule has 0 radical (unpaired) electrons. The Morgan fingerprint density at radius 1 is 1.29 bits per heavy atom. The van der Waals surface area contributed by atoms with Crippen LogP contribution in [0.3, 0.4) is 0 Å². The van der Waals surface area contributed by atoms with Crippen molar-refractivity contribution in [3.05, 3.63) is 53.6 Å². The second-order valence-electron chi connectivity index (χ2n) is 7.18. The van der Waals surface area contributed by atoms with Gasteiger partial charge in [-0.2, -0.15) is 5.10 Å². The molecule has 2 saturated carbocycles. The quantitative estimate of drug-likeness (QED) is 0.937. The molecule has 0 spiro atoms. The van der Waals surface area contributed by atoms with E-state index >= 15 is 0 Å². The van der Waals surface area contributed by atoms with Crippen LogP contribution in [0, 0.1) is 11.7 Å². The molecular formula is C19H22FN3O. The van der Waals surface area contributed by atoms with Crippen LogP contribution in [0.2, 0.25) is 0 Å². The number of halogens is 1. The van der Waals surface area contributed by atoms with Crippen molar-refractivity contribution in [2.24, 2.45) is 13.0 Å². The first-order valence-corrected chi connectivity index (χ1v) is 8.64. The Bertz CT molecular complexity index is 746. The van der Waals surface area contributed by atoms with Crippen LogP contribution in [0.15, 0.2) is 36.7 Å². The van der Waals surface area contributed by atoms with Gasteiger partial charge in [0.05, 0.1) is 11.7 Å². The Labute approximate surface area is 141 Å². The molecule has 0 saturated heterocycles. The first kappa shape index (κ1) is 15.4. The highest BCUT2D eigenvalue weighted by atomic mass is 19.1. The number of hydrogen-bond donors (Lipinski definition) is 1. The summed E-state index contributed by atoms with van der Waals surface area (Å²) < 4.78 is 15.0. The van der Waals surface area contributed by atoms with E-state index in [1.54, 1.807) is 4.68 Å². The molecule has 126 valence electrons. The summed E-state index contributed by atoms with van der Waals surface area (Å²) in [6.07, 6.45) is 8.76. The van der Waals surface area contributed by atoms with Crippen molar-refractivity contribution in [1.29, 1.82) is 0 Å². The molecule has 1 amide bonds. The summed E-state index contributed by atoms with van der Waals surface area (Å²) >= 11 is 0. The number of rotatable bonds is 4. The molecular weight excluding hydrogens is 305 g/mol. The third-order valence-corrected chi connectivity index (χ3v) is 5.50. The fourth-order valence-corrected chi connectivity index (χ4v) is 4.05. The van der Waals surface area contributed by atoms with Gasteiger partial charge in [0.25, 0.3) is 0 Å². The molecule has 1 aromatic carbocycles. The van der Waals surface area contributed by atoms with E-state index in [-0.39, 0.29) is 29.1 Å². The zero-order chi connectivity index (χ0) is 16.7. The molecule has 24 heavy (non-hydrogen) atoms. The average Bonchev–Trinajstić information content (AvgIpc) is 3.03. The Morgan fingerprint density at radius 2 is 2.00 bits per heavy atom. The third-order valence-electron chi connectivity index (χ3n) is 5.50. The summed E-state index contributed by atoms with van der Waals surface area (Å²) in [6.45, 7) is 0. The van der Waals surface area contributed by atoms with Crippen LogP contribution in [0.1, 0.15) is 49.1 Å². The van der Waals surface area contributed by atoms with E-state index in [1.807, 2.05) is 31.6 Å². The van der Waals surface area contributed by atoms with Gasteiger partial charge < -0.3 is 5.32 Å². The van der Waals surface area contributed by atoms with Gasteiger partial charge in [-0.25, -0.2) is 4.39 Å². The van der Waals surface area contributed by atoms with E-state index in [9.17, 15) is 9.18 Å². The maximum Gasteiger partial charge on any atom is 0.224 e. The lowest BCUT2D eigenvalue weighted by Gasteiger charge is -2.31. The van der Waals surface area contributed by atoms with E-state index < -0.39 is 0 Å². The van der Waals surface area contributed by atoms with E-state index in [4.69, 9.17) is 0 Å². The van der Waals surface area contributed by atoms with Gasteiger partial charge in [-0.15, -0.1) is 0 Å². The highest BCUT2D eigenvalue weighted by molar-refractivity contribution is 5.83. The Balaban J connectivity index is 1.50. The number of nitrogens with zero attached hydrogens (tertiary/aromatic N) is 2. The van der Waals surface area contributed by atoms with Crippen molar-refractivity contribution in [2.75, 3.05) is 0 Å². The van der Waals surface area contributed by atoms with Crippen molar-refractivity contribution < 1.29 is 9.18 Å². The third kappa shape index (κ3) is 2.72. The van der Waals surface area contributed by atoms with Gasteiger partial charge >= 0.3 is 0 Å². The van der Waals surface area contributed by atoms with Gasteiger partial charge in [0.15, 0.2) is 0 Å².